The second-order valence-electron chi connectivity index (χ2n) is 14.2. The molecule has 48 heavy (non-hydrogen) atoms. The lowest BCUT2D eigenvalue weighted by Gasteiger charge is -2.36. The van der Waals surface area contributed by atoms with Crippen molar-refractivity contribution in [2.75, 3.05) is 17.9 Å². The minimum absolute atomic E-state index is 0.00313. The highest BCUT2D eigenvalue weighted by molar-refractivity contribution is 7.92. The van der Waals surface area contributed by atoms with Crippen LogP contribution in [0.25, 0.3) is 11.3 Å². The monoisotopic (exact) mass is 668 g/mol. The summed E-state index contributed by atoms with van der Waals surface area (Å²) in [6.45, 7) is 12.2. The zero-order valence-electron chi connectivity index (χ0n) is 28.4. The molecule has 10 nitrogen and oxygen atoms in total. The molecule has 252 valence electrons. The van der Waals surface area contributed by atoms with Crippen LogP contribution < -0.4 is 4.72 Å². The molecule has 1 fully saturated rings. The van der Waals surface area contributed by atoms with Crippen molar-refractivity contribution < 1.29 is 17.9 Å². The van der Waals surface area contributed by atoms with Crippen molar-refractivity contribution in [1.29, 1.82) is 0 Å². The number of hydrogen-bond donors (Lipinski definition) is 1. The molecule has 11 heteroatoms. The van der Waals surface area contributed by atoms with Crippen molar-refractivity contribution in [2.45, 2.75) is 90.1 Å². The smallest absolute Gasteiger partial charge is 0.264 e. The summed E-state index contributed by atoms with van der Waals surface area (Å²) in [7, 11) is -4.11. The predicted molar refractivity (Wildman–Crippen MR) is 185 cm³/mol. The second kappa shape index (κ2) is 13.7. The lowest BCUT2D eigenvalue weighted by atomic mass is 9.85. The number of hydrogen-bond acceptors (Lipinski definition) is 8. The molecule has 0 unspecified atom stereocenters. The van der Waals surface area contributed by atoms with Crippen LogP contribution in [0.2, 0.25) is 0 Å². The molecule has 4 heterocycles. The van der Waals surface area contributed by atoms with Crippen molar-refractivity contribution in [1.82, 2.24) is 24.8 Å². The molecule has 2 aliphatic heterocycles. The number of nitrogens with zero attached hydrogens (tertiary/aromatic N) is 5. The molecule has 4 bridgehead atoms. The number of benzene rings is 2. The Labute approximate surface area is 283 Å². The van der Waals surface area contributed by atoms with Crippen LogP contribution in [0, 0.1) is 19.3 Å². The topological polar surface area (TPSA) is 127 Å². The van der Waals surface area contributed by atoms with Gasteiger partial charge >= 0.3 is 0 Å². The zero-order valence-corrected chi connectivity index (χ0v) is 29.2. The summed E-state index contributed by atoms with van der Waals surface area (Å²) >= 11 is 0. The first-order chi connectivity index (χ1) is 22.9. The van der Waals surface area contributed by atoms with E-state index in [1.807, 2.05) is 55.4 Å². The van der Waals surface area contributed by atoms with E-state index in [0.717, 1.165) is 48.3 Å². The number of aromatic nitrogens is 4. The SMILES string of the molecule is Cc1cccc(C)c1-c1cc2nc(n1)NS(=O)(=O)c1cccc(c1)C(=O)N(Cc1ncc(C3CCOCC3)cn1)[C@H](CC(C)(C)C)CC2. The van der Waals surface area contributed by atoms with E-state index in [4.69, 9.17) is 19.7 Å². The number of nitrogens with one attached hydrogen (secondary N) is 1. The Kier molecular flexibility index (Phi) is 9.62. The van der Waals surface area contributed by atoms with Gasteiger partial charge in [-0.25, -0.2) is 33.1 Å². The Hall–Kier alpha value is -4.22. The average molecular weight is 669 g/mol. The molecule has 0 spiro atoms. The maximum atomic E-state index is 14.5. The normalized spacial score (nSPS) is 18.7. The number of rotatable bonds is 5. The molecular weight excluding hydrogens is 625 g/mol. The van der Waals surface area contributed by atoms with E-state index < -0.39 is 10.0 Å². The van der Waals surface area contributed by atoms with Gasteiger partial charge in [0.2, 0.25) is 5.95 Å². The van der Waals surface area contributed by atoms with Gasteiger partial charge in [0.05, 0.1) is 17.1 Å². The number of amides is 1. The van der Waals surface area contributed by atoms with E-state index in [9.17, 15) is 13.2 Å². The van der Waals surface area contributed by atoms with Gasteiger partial charge in [-0.1, -0.05) is 45.0 Å². The van der Waals surface area contributed by atoms with Crippen LogP contribution in [0.5, 0.6) is 0 Å². The highest BCUT2D eigenvalue weighted by Crippen LogP contribution is 2.32. The van der Waals surface area contributed by atoms with Crippen LogP contribution in [-0.4, -0.2) is 58.4 Å². The second-order valence-corrected chi connectivity index (χ2v) is 15.9. The summed E-state index contributed by atoms with van der Waals surface area (Å²) in [5.41, 5.74) is 5.58. The van der Waals surface area contributed by atoms with E-state index in [0.29, 0.717) is 42.4 Å². The third kappa shape index (κ3) is 7.73. The molecule has 6 rings (SSSR count). The molecule has 1 N–H and O–H groups in total. The predicted octanol–water partition coefficient (Wildman–Crippen LogP) is 6.64. The zero-order chi connectivity index (χ0) is 34.1. The number of anilines is 1. The van der Waals surface area contributed by atoms with Crippen LogP contribution in [0.4, 0.5) is 5.95 Å². The molecule has 2 aliphatic rings. The van der Waals surface area contributed by atoms with Crippen LogP contribution >= 0.6 is 0 Å². The Morgan fingerprint density at radius 2 is 1.62 bits per heavy atom. The molecule has 0 radical (unpaired) electrons. The standard InChI is InChI=1S/C37H44N6O4S/c1-24-8-6-9-25(2)34(24)32-19-29-12-13-30(20-37(3,4)5)43(23-33-38-21-28(22-39-33)26-14-16-47-17-15-26)35(44)27-10-7-11-31(18-27)48(45,46)42-36(40-29)41-32/h6-11,18-19,21-22,26,30H,12-17,20,23H2,1-5H3,(H,40,41,42)/t30-/m0/s1. The molecular formula is C37H44N6O4S. The first kappa shape index (κ1) is 33.7. The van der Waals surface area contributed by atoms with Gasteiger partial charge in [-0.15, -0.1) is 0 Å². The van der Waals surface area contributed by atoms with Crippen molar-refractivity contribution in [3.8, 4) is 11.3 Å². The fourth-order valence-electron chi connectivity index (χ4n) is 6.76. The number of fused-ring (bicyclic) bond motifs is 4. The minimum Gasteiger partial charge on any atom is -0.381 e. The molecule has 1 amide bonds. The molecule has 0 saturated carbocycles. The number of sulfonamides is 1. The first-order valence-electron chi connectivity index (χ1n) is 16.6. The molecule has 4 aromatic rings. The fourth-order valence-corrected chi connectivity index (χ4v) is 7.74. The fraction of sp³-hybridized carbons (Fsp3) is 0.432. The molecule has 2 aromatic carbocycles. The van der Waals surface area contributed by atoms with Gasteiger partial charge in [-0.3, -0.25) is 4.79 Å². The molecule has 1 atom stereocenters. The lowest BCUT2D eigenvalue weighted by Crippen LogP contribution is -2.42. The molecule has 2 aromatic heterocycles. The van der Waals surface area contributed by atoms with Gasteiger partial charge < -0.3 is 9.64 Å². The number of carbonyl (C=O) groups excluding carboxylic acids is 1. The maximum absolute atomic E-state index is 14.5. The van der Waals surface area contributed by atoms with Gasteiger partial charge in [0.1, 0.15) is 5.82 Å². The van der Waals surface area contributed by atoms with E-state index >= 15 is 0 Å². The third-order valence-corrected chi connectivity index (χ3v) is 10.5. The Morgan fingerprint density at radius 1 is 0.938 bits per heavy atom. The summed E-state index contributed by atoms with van der Waals surface area (Å²) in [6, 6.07) is 13.9. The van der Waals surface area contributed by atoms with E-state index in [1.54, 1.807) is 12.1 Å². The van der Waals surface area contributed by atoms with Crippen molar-refractivity contribution in [3.05, 3.63) is 94.7 Å². The Balaban J connectivity index is 1.43. The van der Waals surface area contributed by atoms with Crippen molar-refractivity contribution in [2.24, 2.45) is 5.41 Å². The Morgan fingerprint density at radius 3 is 2.31 bits per heavy atom. The Bertz CT molecular complexity index is 1880. The number of aryl methyl sites for hydroxylation is 3. The summed E-state index contributed by atoms with van der Waals surface area (Å²) in [6.07, 6.45) is 7.42. The highest BCUT2D eigenvalue weighted by atomic mass is 32.2. The van der Waals surface area contributed by atoms with E-state index in [1.165, 1.54) is 12.1 Å². The van der Waals surface area contributed by atoms with Crippen molar-refractivity contribution in [3.63, 3.8) is 0 Å². The summed E-state index contributed by atoms with van der Waals surface area (Å²) in [5, 5.41) is 0. The first-order valence-corrected chi connectivity index (χ1v) is 18.1. The van der Waals surface area contributed by atoms with Crippen LogP contribution in [0.15, 0.2) is 65.8 Å². The summed E-state index contributed by atoms with van der Waals surface area (Å²) in [4.78, 5) is 35.0. The van der Waals surface area contributed by atoms with Gasteiger partial charge in [-0.05, 0) is 98.2 Å². The van der Waals surface area contributed by atoms with E-state index in [2.05, 4.69) is 30.5 Å². The lowest BCUT2D eigenvalue weighted by molar-refractivity contribution is 0.0588. The van der Waals surface area contributed by atoms with Gasteiger partial charge in [0, 0.05) is 48.5 Å². The summed E-state index contributed by atoms with van der Waals surface area (Å²) < 4.78 is 35.5. The summed E-state index contributed by atoms with van der Waals surface area (Å²) in [5.74, 6) is 0.627. The quantitative estimate of drug-likeness (QED) is 0.251. The minimum atomic E-state index is -4.11. The third-order valence-electron chi connectivity index (χ3n) is 9.15. The molecule has 1 saturated heterocycles. The molecule has 0 aliphatic carbocycles. The highest BCUT2D eigenvalue weighted by Gasteiger charge is 2.31. The van der Waals surface area contributed by atoms with Crippen LogP contribution in [0.3, 0.4) is 0 Å². The van der Waals surface area contributed by atoms with E-state index in [-0.39, 0.29) is 40.3 Å². The largest absolute Gasteiger partial charge is 0.381 e. The van der Waals surface area contributed by atoms with Gasteiger partial charge in [0.15, 0.2) is 0 Å². The number of carbonyl (C=O) groups is 1. The van der Waals surface area contributed by atoms with Crippen molar-refractivity contribution >= 4 is 21.9 Å². The van der Waals surface area contributed by atoms with Crippen LogP contribution in [-0.2, 0) is 27.7 Å². The van der Waals surface area contributed by atoms with Gasteiger partial charge in [-0.2, -0.15) is 0 Å². The van der Waals surface area contributed by atoms with Gasteiger partial charge in [0.25, 0.3) is 15.9 Å². The maximum Gasteiger partial charge on any atom is 0.264 e. The average Bonchev–Trinajstić information content (AvgIpc) is 3.05. The van der Waals surface area contributed by atoms with Crippen LogP contribution in [0.1, 0.15) is 90.9 Å². The number of ether oxygens (including phenoxy) is 1.